The molecule has 0 amide bonds. The quantitative estimate of drug-likeness (QED) is 0.160. The molecule has 3 nitrogen and oxygen atoms in total. The molecule has 3 aromatic heterocycles. The van der Waals surface area contributed by atoms with Crippen molar-refractivity contribution >= 4 is 92.4 Å². The molecule has 3 heterocycles. The van der Waals surface area contributed by atoms with E-state index in [1.54, 1.807) is 0 Å². The number of rotatable bonds is 7. The third-order valence-corrected chi connectivity index (χ3v) is 13.9. The van der Waals surface area contributed by atoms with Gasteiger partial charge in [-0.05, 0) is 112 Å². The van der Waals surface area contributed by atoms with Crippen molar-refractivity contribution in [1.29, 1.82) is 0 Å². The molecule has 0 N–H and O–H groups in total. The fraction of sp³-hybridized carbons (Fsp3) is 0. The van der Waals surface area contributed by atoms with Crippen LogP contribution in [0.25, 0.3) is 109 Å². The van der Waals surface area contributed by atoms with Gasteiger partial charge >= 0.3 is 0 Å². The number of furan rings is 2. The molecular formula is C60H37NO2S. The Morgan fingerprint density at radius 2 is 0.797 bits per heavy atom. The molecule has 0 unspecified atom stereocenters. The molecule has 0 fully saturated rings. The number of para-hydroxylation sites is 3. The van der Waals surface area contributed by atoms with Gasteiger partial charge in [0.2, 0.25) is 0 Å². The monoisotopic (exact) mass is 835 g/mol. The van der Waals surface area contributed by atoms with E-state index in [4.69, 9.17) is 8.83 Å². The first-order valence-electron chi connectivity index (χ1n) is 21.6. The summed E-state index contributed by atoms with van der Waals surface area (Å²) in [7, 11) is 0. The molecule has 0 aliphatic heterocycles. The Morgan fingerprint density at radius 1 is 0.297 bits per heavy atom. The maximum absolute atomic E-state index is 6.43. The van der Waals surface area contributed by atoms with E-state index in [1.165, 1.54) is 31.3 Å². The van der Waals surface area contributed by atoms with Gasteiger partial charge in [0.1, 0.15) is 22.3 Å². The molecule has 0 bridgehead atoms. The Kier molecular flexibility index (Phi) is 8.40. The Labute approximate surface area is 373 Å². The van der Waals surface area contributed by atoms with Crippen LogP contribution in [-0.4, -0.2) is 0 Å². The number of hydrogen-bond acceptors (Lipinski definition) is 4. The van der Waals surface area contributed by atoms with Crippen LogP contribution >= 0.6 is 11.3 Å². The van der Waals surface area contributed by atoms with Crippen molar-refractivity contribution in [2.24, 2.45) is 0 Å². The highest BCUT2D eigenvalue weighted by Crippen LogP contribution is 2.44. The van der Waals surface area contributed by atoms with Crippen LogP contribution in [0.5, 0.6) is 0 Å². The number of hydrogen-bond donors (Lipinski definition) is 0. The third-order valence-electron chi connectivity index (χ3n) is 12.7. The van der Waals surface area contributed by atoms with Crippen molar-refractivity contribution in [2.45, 2.75) is 0 Å². The maximum atomic E-state index is 6.43. The van der Waals surface area contributed by atoms with Gasteiger partial charge in [-0.15, -0.1) is 11.3 Å². The van der Waals surface area contributed by atoms with E-state index in [2.05, 4.69) is 205 Å². The molecule has 0 radical (unpaired) electrons. The lowest BCUT2D eigenvalue weighted by Gasteiger charge is -2.26. The minimum absolute atomic E-state index is 0.896. The Hall–Kier alpha value is -8.18. The van der Waals surface area contributed by atoms with Crippen LogP contribution < -0.4 is 4.90 Å². The van der Waals surface area contributed by atoms with E-state index < -0.39 is 0 Å². The molecule has 0 spiro atoms. The van der Waals surface area contributed by atoms with Crippen LogP contribution in [0.4, 0.5) is 17.1 Å². The second-order valence-electron chi connectivity index (χ2n) is 16.4. The lowest BCUT2D eigenvalue weighted by Crippen LogP contribution is -2.09. The van der Waals surface area contributed by atoms with Crippen molar-refractivity contribution in [3.63, 3.8) is 0 Å². The summed E-state index contributed by atoms with van der Waals surface area (Å²) in [5.41, 5.74) is 16.1. The number of benzene rings is 10. The zero-order valence-electron chi connectivity index (χ0n) is 34.5. The summed E-state index contributed by atoms with van der Waals surface area (Å²) in [6, 6.07) is 80.4. The van der Waals surface area contributed by atoms with Gasteiger partial charge in [-0.1, -0.05) is 152 Å². The first-order chi connectivity index (χ1) is 31.7. The number of fused-ring (bicyclic) bond motifs is 9. The first kappa shape index (κ1) is 36.5. The lowest BCUT2D eigenvalue weighted by molar-refractivity contribution is 0.669. The molecule has 0 aliphatic rings. The molecule has 10 aromatic carbocycles. The van der Waals surface area contributed by atoms with Gasteiger partial charge in [0.15, 0.2) is 0 Å². The summed E-state index contributed by atoms with van der Waals surface area (Å²) in [4.78, 5) is 2.35. The Morgan fingerprint density at radius 3 is 1.53 bits per heavy atom. The lowest BCUT2D eigenvalue weighted by atomic mass is 9.97. The smallest absolute Gasteiger partial charge is 0.143 e. The standard InChI is InChI=1S/C60H37NO2S/c1-4-20-53-49(13-1)50-19-8-18-48(60(50)63-53)42-12-7-11-41(37-42)38-25-31-43(32-26-38)61(44-33-27-39(28-34-44)46-16-9-22-55-58(46)51-14-2-5-21-54(51)62-55)45-35-29-40(30-36-45)47-17-10-24-57-59(47)52-15-3-6-23-56(52)64-57/h1-37H. The third kappa shape index (κ3) is 5.95. The van der Waals surface area contributed by atoms with Gasteiger partial charge in [0.25, 0.3) is 0 Å². The highest BCUT2D eigenvalue weighted by atomic mass is 32.1. The van der Waals surface area contributed by atoms with Gasteiger partial charge in [-0.25, -0.2) is 0 Å². The van der Waals surface area contributed by atoms with E-state index in [0.29, 0.717) is 0 Å². The summed E-state index contributed by atoms with van der Waals surface area (Å²) < 4.78 is 15.3. The highest BCUT2D eigenvalue weighted by Gasteiger charge is 2.18. The SMILES string of the molecule is c1cc(-c2ccc(N(c3ccc(-c4cccc5oc6ccccc6c45)cc3)c3ccc(-c4cccc5sc6ccccc6c45)cc3)cc2)cc(-c2cccc3c2oc2ccccc23)c1. The zero-order chi connectivity index (χ0) is 42.1. The molecule has 13 aromatic rings. The van der Waals surface area contributed by atoms with E-state index in [9.17, 15) is 0 Å². The van der Waals surface area contributed by atoms with Crippen LogP contribution in [0, 0.1) is 0 Å². The molecule has 300 valence electrons. The van der Waals surface area contributed by atoms with E-state index in [0.717, 1.165) is 94.3 Å². The Balaban J connectivity index is 0.893. The largest absolute Gasteiger partial charge is 0.456 e. The highest BCUT2D eigenvalue weighted by molar-refractivity contribution is 7.25. The van der Waals surface area contributed by atoms with Crippen LogP contribution in [0.1, 0.15) is 0 Å². The van der Waals surface area contributed by atoms with E-state index in [-0.39, 0.29) is 0 Å². The van der Waals surface area contributed by atoms with Crippen molar-refractivity contribution in [1.82, 2.24) is 0 Å². The van der Waals surface area contributed by atoms with E-state index in [1.807, 2.05) is 35.6 Å². The molecule has 13 rings (SSSR count). The molecule has 64 heavy (non-hydrogen) atoms. The molecule has 0 saturated carbocycles. The minimum Gasteiger partial charge on any atom is -0.456 e. The molecular weight excluding hydrogens is 799 g/mol. The summed E-state index contributed by atoms with van der Waals surface area (Å²) in [5.74, 6) is 0. The van der Waals surface area contributed by atoms with Crippen molar-refractivity contribution < 1.29 is 8.83 Å². The van der Waals surface area contributed by atoms with Crippen LogP contribution in [0.2, 0.25) is 0 Å². The van der Waals surface area contributed by atoms with Gasteiger partial charge in [-0.2, -0.15) is 0 Å². The number of thiophene rings is 1. The first-order valence-corrected chi connectivity index (χ1v) is 22.5. The van der Waals surface area contributed by atoms with Crippen molar-refractivity contribution in [2.75, 3.05) is 4.90 Å². The van der Waals surface area contributed by atoms with E-state index >= 15 is 0 Å². The van der Waals surface area contributed by atoms with Gasteiger partial charge in [0.05, 0.1) is 0 Å². The van der Waals surface area contributed by atoms with Crippen molar-refractivity contribution in [3.05, 3.63) is 224 Å². The number of anilines is 3. The topological polar surface area (TPSA) is 29.5 Å². The fourth-order valence-corrected chi connectivity index (χ4v) is 10.8. The Bertz CT molecular complexity index is 3730. The van der Waals surface area contributed by atoms with Crippen LogP contribution in [0.15, 0.2) is 233 Å². The summed E-state index contributed by atoms with van der Waals surface area (Å²) in [6.45, 7) is 0. The average Bonchev–Trinajstić information content (AvgIpc) is 4.06. The predicted molar refractivity (Wildman–Crippen MR) is 270 cm³/mol. The second kappa shape index (κ2) is 14.7. The fourth-order valence-electron chi connectivity index (χ4n) is 9.70. The molecule has 0 atom stereocenters. The van der Waals surface area contributed by atoms with Gasteiger partial charge in [0, 0.05) is 64.3 Å². The zero-order valence-corrected chi connectivity index (χ0v) is 35.4. The van der Waals surface area contributed by atoms with Crippen LogP contribution in [-0.2, 0) is 0 Å². The molecule has 0 saturated heterocycles. The molecule has 0 aliphatic carbocycles. The van der Waals surface area contributed by atoms with Crippen LogP contribution in [0.3, 0.4) is 0 Å². The summed E-state index contributed by atoms with van der Waals surface area (Å²) in [6.07, 6.45) is 0. The normalized spacial score (nSPS) is 11.8. The minimum atomic E-state index is 0.896. The summed E-state index contributed by atoms with van der Waals surface area (Å²) >= 11 is 1.86. The number of nitrogens with zero attached hydrogens (tertiary/aromatic N) is 1. The maximum Gasteiger partial charge on any atom is 0.143 e. The predicted octanol–water partition coefficient (Wildman–Crippen LogP) is 18.0. The second-order valence-corrected chi connectivity index (χ2v) is 17.5. The van der Waals surface area contributed by atoms with Gasteiger partial charge < -0.3 is 13.7 Å². The summed E-state index contributed by atoms with van der Waals surface area (Å²) in [5, 5.41) is 7.16. The van der Waals surface area contributed by atoms with Gasteiger partial charge in [-0.3, -0.25) is 0 Å². The molecule has 4 heteroatoms. The average molecular weight is 836 g/mol. The van der Waals surface area contributed by atoms with Crippen molar-refractivity contribution in [3.8, 4) is 44.5 Å².